The third-order valence-corrected chi connectivity index (χ3v) is 8.08. The third-order valence-electron chi connectivity index (χ3n) is 6.68. The van der Waals surface area contributed by atoms with Gasteiger partial charge in [0.15, 0.2) is 5.69 Å². The third kappa shape index (κ3) is 7.57. The van der Waals surface area contributed by atoms with E-state index in [1.807, 2.05) is 0 Å². The van der Waals surface area contributed by atoms with Crippen LogP contribution in [0.2, 0.25) is 0 Å². The maximum absolute atomic E-state index is 13.6. The first kappa shape index (κ1) is 32.2. The van der Waals surface area contributed by atoms with Crippen molar-refractivity contribution >= 4 is 47.8 Å². The molecule has 3 amide bonds. The van der Waals surface area contributed by atoms with E-state index in [2.05, 4.69) is 30.4 Å². The Morgan fingerprint density at radius 1 is 1.18 bits per heavy atom. The van der Waals surface area contributed by atoms with Crippen molar-refractivity contribution in [1.29, 1.82) is 0 Å². The van der Waals surface area contributed by atoms with Crippen molar-refractivity contribution in [1.82, 2.24) is 25.2 Å². The molecule has 1 fully saturated rings. The highest BCUT2D eigenvalue weighted by atomic mass is 32.1. The number of phosphoric ester groups is 1. The first-order valence-corrected chi connectivity index (χ1v) is 15.9. The van der Waals surface area contributed by atoms with Crippen LogP contribution < -0.4 is 21.4 Å². The molecule has 1 aliphatic carbocycles. The molecule has 3 heterocycles. The van der Waals surface area contributed by atoms with E-state index in [0.29, 0.717) is 23.2 Å². The van der Waals surface area contributed by atoms with Crippen LogP contribution in [0, 0.1) is 0 Å². The number of rotatable bonds is 10. The second kappa shape index (κ2) is 12.7. The minimum absolute atomic E-state index is 0.000170. The fraction of sp³-hybridized carbons (Fsp3) is 0.296. The molecular formula is C27H26F3N6O7PS. The summed E-state index contributed by atoms with van der Waals surface area (Å²) in [6.07, 6.45) is -0.263. The summed E-state index contributed by atoms with van der Waals surface area (Å²) in [4.78, 5) is 64.4. The smallest absolute Gasteiger partial charge is 0.350 e. The van der Waals surface area contributed by atoms with Crippen LogP contribution in [-0.2, 0) is 15.3 Å². The number of hydrogen-bond acceptors (Lipinski definition) is 8. The number of anilines is 1. The Bertz CT molecular complexity index is 1890. The van der Waals surface area contributed by atoms with E-state index in [4.69, 9.17) is 9.79 Å². The van der Waals surface area contributed by atoms with Crippen molar-refractivity contribution in [3.8, 4) is 21.7 Å². The van der Waals surface area contributed by atoms with Crippen LogP contribution in [0.1, 0.15) is 41.9 Å². The predicted molar refractivity (Wildman–Crippen MR) is 159 cm³/mol. The van der Waals surface area contributed by atoms with E-state index in [-0.39, 0.29) is 39.9 Å². The summed E-state index contributed by atoms with van der Waals surface area (Å²) in [5, 5.41) is 8.52. The topological polar surface area (TPSA) is 185 Å². The standard InChI is InChI=1S/C27H26F3N6O7PS/c1-2-31-26(39)35-22-10-16(25-34-21(13-45-25)27(28,29)30)18(11-33-22)14-3-6-20-17(9-14)23(37)19(12-36(20)15-4-5-15)24(38)32-7-8-43-44(40,41)42/h3,6,9-13,15H,2,4-5,7-8H2,1H3,(H,32,38)(H2,40,41,42)(H2,31,33,35,39). The van der Waals surface area contributed by atoms with E-state index in [1.165, 1.54) is 24.5 Å². The lowest BCUT2D eigenvalue weighted by molar-refractivity contribution is -0.140. The number of benzene rings is 1. The van der Waals surface area contributed by atoms with Gasteiger partial charge < -0.3 is 25.0 Å². The van der Waals surface area contributed by atoms with Crippen LogP contribution in [-0.4, -0.2) is 56.0 Å². The van der Waals surface area contributed by atoms with Crippen LogP contribution in [0.4, 0.5) is 23.8 Å². The number of nitrogens with one attached hydrogen (secondary N) is 3. The van der Waals surface area contributed by atoms with Gasteiger partial charge in [-0.3, -0.25) is 19.4 Å². The molecule has 0 radical (unpaired) electrons. The van der Waals surface area contributed by atoms with E-state index in [1.54, 1.807) is 23.6 Å². The molecule has 0 saturated heterocycles. The Morgan fingerprint density at radius 3 is 2.58 bits per heavy atom. The maximum Gasteiger partial charge on any atom is 0.469 e. The van der Waals surface area contributed by atoms with Crippen molar-refractivity contribution in [2.45, 2.75) is 32.0 Å². The Labute approximate surface area is 256 Å². The molecule has 45 heavy (non-hydrogen) atoms. The quantitative estimate of drug-likeness (QED) is 0.120. The zero-order valence-electron chi connectivity index (χ0n) is 23.4. The number of amides is 3. The van der Waals surface area contributed by atoms with Crippen LogP contribution in [0.5, 0.6) is 0 Å². The van der Waals surface area contributed by atoms with Gasteiger partial charge in [0, 0.05) is 53.4 Å². The first-order chi connectivity index (χ1) is 21.2. The summed E-state index contributed by atoms with van der Waals surface area (Å²) in [6, 6.07) is 5.73. The molecule has 0 unspecified atom stereocenters. The SMILES string of the molecule is CCNC(=O)Nc1cc(-c2nc(C(F)(F)F)cs2)c(-c2ccc3c(c2)c(=O)c(C(=O)NCCOP(=O)(O)O)cn3C2CC2)cn1. The van der Waals surface area contributed by atoms with Gasteiger partial charge in [0.2, 0.25) is 5.43 Å². The molecule has 5 N–H and O–H groups in total. The van der Waals surface area contributed by atoms with Crippen molar-refractivity contribution < 1.29 is 41.6 Å². The van der Waals surface area contributed by atoms with E-state index >= 15 is 0 Å². The first-order valence-electron chi connectivity index (χ1n) is 13.5. The van der Waals surface area contributed by atoms with Crippen LogP contribution in [0.3, 0.4) is 0 Å². The van der Waals surface area contributed by atoms with Crippen LogP contribution in [0.25, 0.3) is 32.6 Å². The van der Waals surface area contributed by atoms with Gasteiger partial charge in [-0.25, -0.2) is 19.3 Å². The summed E-state index contributed by atoms with van der Waals surface area (Å²) < 4.78 is 57.3. The Kier molecular flexibility index (Phi) is 9.09. The molecule has 0 aliphatic heterocycles. The molecule has 1 aromatic carbocycles. The van der Waals surface area contributed by atoms with Gasteiger partial charge in [-0.15, -0.1) is 11.3 Å². The molecule has 238 valence electrons. The van der Waals surface area contributed by atoms with Crippen LogP contribution in [0.15, 0.2) is 46.8 Å². The number of carbonyl (C=O) groups excluding carboxylic acids is 2. The molecular weight excluding hydrogens is 640 g/mol. The van der Waals surface area contributed by atoms with Crippen molar-refractivity contribution in [3.05, 3.63) is 63.5 Å². The Balaban J connectivity index is 1.58. The van der Waals surface area contributed by atoms with E-state index in [9.17, 15) is 32.1 Å². The molecule has 1 saturated carbocycles. The van der Waals surface area contributed by atoms with E-state index in [0.717, 1.165) is 29.6 Å². The van der Waals surface area contributed by atoms with Crippen molar-refractivity contribution in [2.75, 3.05) is 25.0 Å². The lowest BCUT2D eigenvalue weighted by Crippen LogP contribution is -2.32. The number of pyridine rings is 2. The summed E-state index contributed by atoms with van der Waals surface area (Å²) in [5.74, 6) is -0.719. The zero-order valence-corrected chi connectivity index (χ0v) is 25.1. The largest absolute Gasteiger partial charge is 0.469 e. The number of carbonyl (C=O) groups is 2. The highest BCUT2D eigenvalue weighted by Crippen LogP contribution is 2.41. The normalized spacial score (nSPS) is 13.6. The second-order valence-corrected chi connectivity index (χ2v) is 12.1. The number of alkyl halides is 3. The van der Waals surface area contributed by atoms with Gasteiger partial charge in [0.25, 0.3) is 5.91 Å². The molecule has 0 spiro atoms. The molecule has 5 rings (SSSR count). The summed E-state index contributed by atoms with van der Waals surface area (Å²) >= 11 is 0.750. The minimum Gasteiger partial charge on any atom is -0.350 e. The minimum atomic E-state index is -4.74. The number of fused-ring (bicyclic) bond motifs is 1. The van der Waals surface area contributed by atoms with Gasteiger partial charge in [0.1, 0.15) is 16.4 Å². The molecule has 4 aromatic rings. The number of urea groups is 1. The molecule has 0 bridgehead atoms. The second-order valence-electron chi connectivity index (χ2n) is 9.96. The molecule has 1 aliphatic rings. The highest BCUT2D eigenvalue weighted by molar-refractivity contribution is 7.46. The summed E-state index contributed by atoms with van der Waals surface area (Å²) in [7, 11) is -4.74. The Morgan fingerprint density at radius 2 is 1.93 bits per heavy atom. The van der Waals surface area contributed by atoms with Crippen molar-refractivity contribution in [2.24, 2.45) is 0 Å². The number of halogens is 3. The van der Waals surface area contributed by atoms with Gasteiger partial charge in [-0.05, 0) is 43.5 Å². The number of aromatic nitrogens is 3. The lowest BCUT2D eigenvalue weighted by atomic mass is 9.99. The van der Waals surface area contributed by atoms with Gasteiger partial charge in [0.05, 0.1) is 12.1 Å². The summed E-state index contributed by atoms with van der Waals surface area (Å²) in [5.41, 5.74) is -0.458. The highest BCUT2D eigenvalue weighted by Gasteiger charge is 2.34. The van der Waals surface area contributed by atoms with Gasteiger partial charge >= 0.3 is 20.0 Å². The van der Waals surface area contributed by atoms with Gasteiger partial charge in [-0.1, -0.05) is 6.07 Å². The van der Waals surface area contributed by atoms with Gasteiger partial charge in [-0.2, -0.15) is 13.2 Å². The maximum atomic E-state index is 13.6. The van der Waals surface area contributed by atoms with Crippen LogP contribution >= 0.6 is 19.2 Å². The number of nitrogens with zero attached hydrogens (tertiary/aromatic N) is 3. The number of phosphoric acid groups is 1. The Hall–Kier alpha value is -4.15. The number of hydrogen-bond donors (Lipinski definition) is 5. The molecule has 0 atom stereocenters. The molecule has 3 aromatic heterocycles. The fourth-order valence-corrected chi connectivity index (χ4v) is 5.73. The predicted octanol–water partition coefficient (Wildman–Crippen LogP) is 4.52. The molecule has 13 nitrogen and oxygen atoms in total. The monoisotopic (exact) mass is 666 g/mol. The summed E-state index contributed by atoms with van der Waals surface area (Å²) in [6.45, 7) is 1.28. The van der Waals surface area contributed by atoms with E-state index < -0.39 is 43.7 Å². The fourth-order valence-electron chi connectivity index (χ4n) is 4.54. The number of thiazole rings is 1. The molecule has 18 heteroatoms. The average Bonchev–Trinajstić information content (AvgIpc) is 3.68. The zero-order chi connectivity index (χ0) is 32.5. The average molecular weight is 667 g/mol. The lowest BCUT2D eigenvalue weighted by Gasteiger charge is -2.15. The van der Waals surface area contributed by atoms with Crippen molar-refractivity contribution in [3.63, 3.8) is 0 Å².